The van der Waals surface area contributed by atoms with Gasteiger partial charge in [-0.2, -0.15) is 0 Å². The van der Waals surface area contributed by atoms with E-state index in [9.17, 15) is 9.59 Å². The van der Waals surface area contributed by atoms with Crippen molar-refractivity contribution in [2.24, 2.45) is 0 Å². The lowest BCUT2D eigenvalue weighted by molar-refractivity contribution is -0.133. The summed E-state index contributed by atoms with van der Waals surface area (Å²) in [6.45, 7) is 1.10. The Labute approximate surface area is 178 Å². The zero-order valence-corrected chi connectivity index (χ0v) is 17.2. The number of carbonyl (C=O) groups is 2. The van der Waals surface area contributed by atoms with Gasteiger partial charge in [-0.05, 0) is 29.7 Å². The Kier molecular flexibility index (Phi) is 5.79. The minimum absolute atomic E-state index is 0.239. The fourth-order valence-corrected chi connectivity index (χ4v) is 4.47. The maximum Gasteiger partial charge on any atom is 0.303 e. The molecule has 1 aliphatic rings. The molecular weight excluding hydrogens is 398 g/mol. The van der Waals surface area contributed by atoms with Crippen molar-refractivity contribution in [2.75, 3.05) is 18.1 Å². The van der Waals surface area contributed by atoms with E-state index in [1.165, 1.54) is 16.2 Å². The van der Waals surface area contributed by atoms with Crippen LogP contribution in [0.2, 0.25) is 0 Å². The van der Waals surface area contributed by atoms with Crippen LogP contribution in [0.1, 0.15) is 18.4 Å². The van der Waals surface area contributed by atoms with Gasteiger partial charge in [0, 0.05) is 38.3 Å². The highest BCUT2D eigenvalue weighted by Gasteiger charge is 2.48. The molecule has 2 heterocycles. The van der Waals surface area contributed by atoms with Gasteiger partial charge in [-0.1, -0.05) is 30.3 Å². The Morgan fingerprint density at radius 3 is 2.70 bits per heavy atom. The summed E-state index contributed by atoms with van der Waals surface area (Å²) in [7, 11) is 0. The molecule has 1 saturated heterocycles. The molecule has 1 aromatic heterocycles. The number of nitrogens with one attached hydrogen (secondary N) is 1. The number of fused-ring (bicyclic) bond motifs is 1. The van der Waals surface area contributed by atoms with E-state index in [0.29, 0.717) is 38.3 Å². The van der Waals surface area contributed by atoms with Crippen LogP contribution >= 0.6 is 11.3 Å². The van der Waals surface area contributed by atoms with Gasteiger partial charge in [-0.15, -0.1) is 17.8 Å². The van der Waals surface area contributed by atoms with Gasteiger partial charge in [0.15, 0.2) is 0 Å². The van der Waals surface area contributed by atoms with Crippen molar-refractivity contribution in [3.05, 3.63) is 59.6 Å². The topological polar surface area (TPSA) is 71.5 Å². The Hall–Kier alpha value is -3.21. The molecule has 0 bridgehead atoms. The maximum absolute atomic E-state index is 13.5. The average molecular weight is 420 g/mol. The van der Waals surface area contributed by atoms with Gasteiger partial charge < -0.3 is 10.1 Å². The normalized spacial score (nSPS) is 15.3. The Morgan fingerprint density at radius 1 is 1.20 bits per heavy atom. The fourth-order valence-electron chi connectivity index (χ4n) is 3.81. The lowest BCUT2D eigenvalue weighted by atomic mass is 9.85. The van der Waals surface area contributed by atoms with Crippen LogP contribution < -0.4 is 10.2 Å². The highest BCUT2D eigenvalue weighted by Crippen LogP contribution is 2.35. The number of thiazole rings is 1. The summed E-state index contributed by atoms with van der Waals surface area (Å²) in [5, 5.41) is 3.00. The van der Waals surface area contributed by atoms with Gasteiger partial charge in [-0.3, -0.25) is 14.5 Å². The molecule has 0 radical (unpaired) electrons. The molecule has 1 fully saturated rings. The number of amides is 2. The molecule has 6 nitrogen and oxygen atoms in total. The molecule has 30 heavy (non-hydrogen) atoms. The molecule has 3 aromatic rings. The van der Waals surface area contributed by atoms with Gasteiger partial charge in [0.25, 0.3) is 0 Å². The van der Waals surface area contributed by atoms with Crippen molar-refractivity contribution in [1.29, 1.82) is 0 Å². The number of nitrogens with zero attached hydrogens (tertiary/aromatic N) is 2. The van der Waals surface area contributed by atoms with Crippen LogP contribution in [0.5, 0.6) is 0 Å². The van der Waals surface area contributed by atoms with E-state index in [2.05, 4.69) is 16.2 Å². The lowest BCUT2D eigenvalue weighted by Gasteiger charge is -2.44. The number of carbonyl (C=O) groups excluding carboxylic acids is 2. The highest BCUT2D eigenvalue weighted by atomic mass is 32.1. The Balaban J connectivity index is 1.71. The first-order chi connectivity index (χ1) is 14.6. The van der Waals surface area contributed by atoms with Crippen LogP contribution in [-0.4, -0.2) is 35.6 Å². The number of ether oxygens (including phenoxy) is 1. The average Bonchev–Trinajstić information content (AvgIpc) is 3.27. The molecule has 1 aliphatic heterocycles. The van der Waals surface area contributed by atoms with Gasteiger partial charge in [0.1, 0.15) is 5.54 Å². The molecule has 1 N–H and O–H groups in total. The second-order valence-electron chi connectivity index (χ2n) is 7.10. The van der Waals surface area contributed by atoms with Gasteiger partial charge in [-0.25, -0.2) is 4.98 Å². The van der Waals surface area contributed by atoms with Crippen molar-refractivity contribution in [1.82, 2.24) is 10.3 Å². The molecule has 2 amide bonds. The Morgan fingerprint density at radius 2 is 1.97 bits per heavy atom. The van der Waals surface area contributed by atoms with Crippen LogP contribution in [0.15, 0.2) is 54.0 Å². The van der Waals surface area contributed by atoms with Crippen molar-refractivity contribution >= 4 is 39.1 Å². The van der Waals surface area contributed by atoms with E-state index in [0.717, 1.165) is 15.8 Å². The minimum Gasteiger partial charge on any atom is -0.381 e. The number of rotatable bonds is 5. The summed E-state index contributed by atoms with van der Waals surface area (Å²) in [5.74, 6) is 1.41. The van der Waals surface area contributed by atoms with Gasteiger partial charge in [0.2, 0.25) is 5.91 Å². The molecule has 152 valence electrons. The number of anilines is 1. The largest absolute Gasteiger partial charge is 0.381 e. The molecule has 0 spiro atoms. The minimum atomic E-state index is -1.12. The summed E-state index contributed by atoms with van der Waals surface area (Å²) >= 11 is 1.51. The van der Waals surface area contributed by atoms with E-state index >= 15 is 0 Å². The van der Waals surface area contributed by atoms with E-state index in [-0.39, 0.29) is 5.91 Å². The number of terminal acetylenes is 1. The third-order valence-corrected chi connectivity index (χ3v) is 6.18. The van der Waals surface area contributed by atoms with E-state index in [1.54, 1.807) is 5.51 Å². The summed E-state index contributed by atoms with van der Waals surface area (Å²) in [6, 6.07) is 15.2. The maximum atomic E-state index is 13.5. The smallest absolute Gasteiger partial charge is 0.303 e. The molecule has 0 saturated carbocycles. The zero-order chi connectivity index (χ0) is 21.0. The second-order valence-corrected chi connectivity index (χ2v) is 7.99. The Bertz CT molecular complexity index is 1100. The van der Waals surface area contributed by atoms with E-state index in [1.807, 2.05) is 48.5 Å². The van der Waals surface area contributed by atoms with Crippen molar-refractivity contribution in [2.45, 2.75) is 24.9 Å². The van der Waals surface area contributed by atoms with Crippen molar-refractivity contribution in [3.8, 4) is 12.3 Å². The molecule has 0 aliphatic carbocycles. The van der Waals surface area contributed by atoms with Crippen LogP contribution in [0.3, 0.4) is 0 Å². The standard InChI is InChI=1S/C23H21N3O3S/c1-2-21(27)26(18-8-9-20-19(14-18)25-16-30-20)23(10-12-29-13-11-23)22(28)24-15-17-6-4-3-5-7-17/h1,3-9,14,16H,10-13,15H2,(H,24,28). The predicted molar refractivity (Wildman–Crippen MR) is 117 cm³/mol. The van der Waals surface area contributed by atoms with E-state index in [4.69, 9.17) is 11.2 Å². The SMILES string of the molecule is C#CC(=O)N(c1ccc2scnc2c1)C1(C(=O)NCc2ccccc2)CCOCC1. The highest BCUT2D eigenvalue weighted by molar-refractivity contribution is 7.16. The van der Waals surface area contributed by atoms with E-state index < -0.39 is 11.4 Å². The third kappa shape index (κ3) is 3.80. The molecule has 2 aromatic carbocycles. The van der Waals surface area contributed by atoms with Crippen molar-refractivity contribution < 1.29 is 14.3 Å². The fraction of sp³-hybridized carbons (Fsp3) is 0.261. The summed E-state index contributed by atoms with van der Waals surface area (Å²) in [4.78, 5) is 32.2. The third-order valence-electron chi connectivity index (χ3n) is 5.37. The molecular formula is C23H21N3O3S. The second kappa shape index (κ2) is 8.66. The quantitative estimate of drug-likeness (QED) is 0.645. The van der Waals surface area contributed by atoms with Crippen LogP contribution in [0.25, 0.3) is 10.2 Å². The summed E-state index contributed by atoms with van der Waals surface area (Å²) in [6.07, 6.45) is 6.23. The monoisotopic (exact) mass is 419 g/mol. The first kappa shape index (κ1) is 20.1. The van der Waals surface area contributed by atoms with Gasteiger partial charge in [0.05, 0.1) is 15.7 Å². The van der Waals surface area contributed by atoms with Crippen LogP contribution in [0.4, 0.5) is 5.69 Å². The number of aromatic nitrogens is 1. The van der Waals surface area contributed by atoms with Crippen LogP contribution in [0, 0.1) is 12.3 Å². The zero-order valence-electron chi connectivity index (χ0n) is 16.3. The molecule has 0 unspecified atom stereocenters. The molecule has 7 heteroatoms. The van der Waals surface area contributed by atoms with Gasteiger partial charge >= 0.3 is 5.91 Å². The first-order valence-electron chi connectivity index (χ1n) is 9.68. The summed E-state index contributed by atoms with van der Waals surface area (Å²) < 4.78 is 6.52. The molecule has 0 atom stereocenters. The first-order valence-corrected chi connectivity index (χ1v) is 10.6. The predicted octanol–water partition coefficient (Wildman–Crippen LogP) is 3.13. The van der Waals surface area contributed by atoms with Crippen molar-refractivity contribution in [3.63, 3.8) is 0 Å². The molecule has 4 rings (SSSR count). The summed E-state index contributed by atoms with van der Waals surface area (Å²) in [5.41, 5.74) is 2.93. The number of hydrogen-bond acceptors (Lipinski definition) is 5. The number of hydrogen-bond donors (Lipinski definition) is 1. The number of benzene rings is 2. The lowest BCUT2D eigenvalue weighted by Crippen LogP contribution is -2.63. The van der Waals surface area contributed by atoms with Crippen LogP contribution in [-0.2, 0) is 20.9 Å².